The van der Waals surface area contributed by atoms with Gasteiger partial charge in [0.1, 0.15) is 0 Å². The van der Waals surface area contributed by atoms with Crippen LogP contribution in [0.4, 0.5) is 0 Å². The van der Waals surface area contributed by atoms with Crippen LogP contribution >= 0.6 is 0 Å². The second-order valence-corrected chi connectivity index (χ2v) is 4.57. The molecule has 1 heterocycles. The minimum atomic E-state index is -0.989. The van der Waals surface area contributed by atoms with Crippen LogP contribution in [0.5, 0.6) is 0 Å². The highest BCUT2D eigenvalue weighted by Crippen LogP contribution is 2.27. The molecule has 0 bridgehead atoms. The van der Waals surface area contributed by atoms with E-state index in [2.05, 4.69) is 4.90 Å². The number of rotatable bonds is 5. The van der Waals surface area contributed by atoms with Crippen LogP contribution in [0, 0.1) is 5.92 Å². The summed E-state index contributed by atoms with van der Waals surface area (Å²) >= 11 is 0. The summed E-state index contributed by atoms with van der Waals surface area (Å²) in [5.41, 5.74) is 0.759. The maximum atomic E-state index is 10.8. The van der Waals surface area contributed by atoms with E-state index < -0.39 is 5.97 Å². The van der Waals surface area contributed by atoms with Crippen molar-refractivity contribution in [2.75, 3.05) is 13.6 Å². The number of aromatic carboxylic acids is 1. The highest BCUT2D eigenvalue weighted by Gasteiger charge is 2.21. The Morgan fingerprint density at radius 3 is 2.94 bits per heavy atom. The van der Waals surface area contributed by atoms with Crippen molar-refractivity contribution >= 4 is 5.97 Å². The van der Waals surface area contributed by atoms with Crippen LogP contribution in [0.1, 0.15) is 35.4 Å². The Balaban J connectivity index is 1.91. The number of nitrogens with zero attached hydrogens (tertiary/aromatic N) is 1. The van der Waals surface area contributed by atoms with Gasteiger partial charge in [0.15, 0.2) is 0 Å². The lowest BCUT2D eigenvalue weighted by Crippen LogP contribution is -2.29. The van der Waals surface area contributed by atoms with Crippen molar-refractivity contribution < 1.29 is 14.3 Å². The molecule has 0 atom stereocenters. The van der Waals surface area contributed by atoms with Gasteiger partial charge >= 0.3 is 5.97 Å². The van der Waals surface area contributed by atoms with Crippen LogP contribution in [0.2, 0.25) is 0 Å². The molecular formula is C12H17NO3. The fourth-order valence-electron chi connectivity index (χ4n) is 2.12. The van der Waals surface area contributed by atoms with E-state index in [0.717, 1.165) is 18.0 Å². The molecule has 0 saturated heterocycles. The molecule has 0 spiro atoms. The Hall–Kier alpha value is -1.29. The highest BCUT2D eigenvalue weighted by molar-refractivity contribution is 5.86. The molecule has 0 amide bonds. The molecule has 1 aromatic heterocycles. The molecule has 4 heteroatoms. The third kappa shape index (κ3) is 2.44. The number of carboxylic acids is 1. The van der Waals surface area contributed by atoms with Crippen LogP contribution in [0.25, 0.3) is 0 Å². The van der Waals surface area contributed by atoms with Gasteiger partial charge in [-0.25, -0.2) is 4.79 Å². The van der Waals surface area contributed by atoms with Gasteiger partial charge in [0.25, 0.3) is 0 Å². The monoisotopic (exact) mass is 223 g/mol. The molecule has 1 aromatic rings. The van der Waals surface area contributed by atoms with Gasteiger partial charge in [-0.2, -0.15) is 0 Å². The molecule has 1 aliphatic rings. The van der Waals surface area contributed by atoms with Crippen molar-refractivity contribution in [3.63, 3.8) is 0 Å². The Morgan fingerprint density at radius 1 is 1.62 bits per heavy atom. The summed E-state index contributed by atoms with van der Waals surface area (Å²) in [4.78, 5) is 13.0. The molecule has 1 N–H and O–H groups in total. The van der Waals surface area contributed by atoms with Crippen LogP contribution in [0.15, 0.2) is 16.7 Å². The SMILES string of the molecule is CN(Cc1ccoc1C(=O)O)CC1CCC1. The first-order valence-electron chi connectivity index (χ1n) is 5.65. The summed E-state index contributed by atoms with van der Waals surface area (Å²) in [6, 6.07) is 1.74. The van der Waals surface area contributed by atoms with Crippen molar-refractivity contribution in [2.24, 2.45) is 5.92 Å². The van der Waals surface area contributed by atoms with E-state index in [4.69, 9.17) is 9.52 Å². The molecule has 2 rings (SSSR count). The molecule has 16 heavy (non-hydrogen) atoms. The quantitative estimate of drug-likeness (QED) is 0.831. The molecule has 88 valence electrons. The molecule has 1 saturated carbocycles. The van der Waals surface area contributed by atoms with Gasteiger partial charge in [-0.1, -0.05) is 6.42 Å². The predicted octanol–water partition coefficient (Wildman–Crippen LogP) is 2.21. The van der Waals surface area contributed by atoms with Crippen molar-refractivity contribution in [3.8, 4) is 0 Å². The minimum absolute atomic E-state index is 0.0699. The van der Waals surface area contributed by atoms with Gasteiger partial charge in [-0.3, -0.25) is 0 Å². The van der Waals surface area contributed by atoms with Gasteiger partial charge in [0.05, 0.1) is 6.26 Å². The third-order valence-electron chi connectivity index (χ3n) is 3.18. The fourth-order valence-corrected chi connectivity index (χ4v) is 2.12. The average Bonchev–Trinajstić information content (AvgIpc) is 2.59. The third-order valence-corrected chi connectivity index (χ3v) is 3.18. The lowest BCUT2D eigenvalue weighted by atomic mass is 9.85. The van der Waals surface area contributed by atoms with E-state index in [1.165, 1.54) is 25.5 Å². The van der Waals surface area contributed by atoms with E-state index in [1.54, 1.807) is 6.07 Å². The van der Waals surface area contributed by atoms with E-state index in [1.807, 2.05) is 7.05 Å². The van der Waals surface area contributed by atoms with Gasteiger partial charge < -0.3 is 14.4 Å². The Kier molecular flexibility index (Phi) is 3.29. The zero-order valence-electron chi connectivity index (χ0n) is 9.48. The number of hydrogen-bond acceptors (Lipinski definition) is 3. The number of carboxylic acid groups (broad SMARTS) is 1. The number of carbonyl (C=O) groups is 1. The molecule has 0 unspecified atom stereocenters. The lowest BCUT2D eigenvalue weighted by molar-refractivity contribution is 0.0659. The Morgan fingerprint density at radius 2 is 2.38 bits per heavy atom. The van der Waals surface area contributed by atoms with Gasteiger partial charge in [0, 0.05) is 18.7 Å². The molecule has 0 aliphatic heterocycles. The van der Waals surface area contributed by atoms with Crippen LogP contribution in [0.3, 0.4) is 0 Å². The number of furan rings is 1. The maximum Gasteiger partial charge on any atom is 0.372 e. The molecule has 0 aromatic carbocycles. The van der Waals surface area contributed by atoms with Crippen molar-refractivity contribution in [3.05, 3.63) is 23.7 Å². The van der Waals surface area contributed by atoms with Crippen LogP contribution in [-0.2, 0) is 6.54 Å². The summed E-state index contributed by atoms with van der Waals surface area (Å²) in [6.07, 6.45) is 5.39. The maximum absolute atomic E-state index is 10.8. The Labute approximate surface area is 94.9 Å². The standard InChI is InChI=1S/C12H17NO3/c1-13(7-9-3-2-4-9)8-10-5-6-16-11(10)12(14)15/h5-6,9H,2-4,7-8H2,1H3,(H,14,15). The van der Waals surface area contributed by atoms with Gasteiger partial charge in [0.2, 0.25) is 5.76 Å². The van der Waals surface area contributed by atoms with Crippen LogP contribution in [-0.4, -0.2) is 29.6 Å². The summed E-state index contributed by atoms with van der Waals surface area (Å²) in [6.45, 7) is 1.69. The second kappa shape index (κ2) is 4.70. The summed E-state index contributed by atoms with van der Waals surface area (Å²) in [5.74, 6) is -0.123. The Bertz CT molecular complexity index is 368. The summed E-state index contributed by atoms with van der Waals surface area (Å²) in [7, 11) is 2.02. The summed E-state index contributed by atoms with van der Waals surface area (Å²) < 4.78 is 4.95. The first-order valence-corrected chi connectivity index (χ1v) is 5.65. The minimum Gasteiger partial charge on any atom is -0.475 e. The van der Waals surface area contributed by atoms with Gasteiger partial charge in [-0.15, -0.1) is 0 Å². The summed E-state index contributed by atoms with van der Waals surface area (Å²) in [5, 5.41) is 8.89. The molecule has 1 fully saturated rings. The predicted molar refractivity (Wildman–Crippen MR) is 59.3 cm³/mol. The second-order valence-electron chi connectivity index (χ2n) is 4.57. The van der Waals surface area contributed by atoms with E-state index >= 15 is 0 Å². The molecule has 0 radical (unpaired) electrons. The molecule has 4 nitrogen and oxygen atoms in total. The zero-order chi connectivity index (χ0) is 11.5. The topological polar surface area (TPSA) is 53.7 Å². The van der Waals surface area contributed by atoms with Crippen molar-refractivity contribution in [2.45, 2.75) is 25.8 Å². The van der Waals surface area contributed by atoms with E-state index in [9.17, 15) is 4.79 Å². The van der Waals surface area contributed by atoms with Gasteiger partial charge in [-0.05, 0) is 31.9 Å². The normalized spacial score (nSPS) is 16.4. The molecular weight excluding hydrogens is 206 g/mol. The first kappa shape index (κ1) is 11.2. The zero-order valence-corrected chi connectivity index (χ0v) is 9.48. The lowest BCUT2D eigenvalue weighted by Gasteiger charge is -2.29. The van der Waals surface area contributed by atoms with Crippen molar-refractivity contribution in [1.29, 1.82) is 0 Å². The smallest absolute Gasteiger partial charge is 0.372 e. The first-order chi connectivity index (χ1) is 7.66. The molecule has 1 aliphatic carbocycles. The average molecular weight is 223 g/mol. The largest absolute Gasteiger partial charge is 0.475 e. The van der Waals surface area contributed by atoms with E-state index in [-0.39, 0.29) is 5.76 Å². The van der Waals surface area contributed by atoms with Crippen molar-refractivity contribution in [1.82, 2.24) is 4.90 Å². The fraction of sp³-hybridized carbons (Fsp3) is 0.583. The number of hydrogen-bond donors (Lipinski definition) is 1. The van der Waals surface area contributed by atoms with Crippen LogP contribution < -0.4 is 0 Å². The van der Waals surface area contributed by atoms with E-state index in [0.29, 0.717) is 6.54 Å². The highest BCUT2D eigenvalue weighted by atomic mass is 16.4.